The van der Waals surface area contributed by atoms with Crippen LogP contribution in [-0.4, -0.2) is 26.6 Å². The normalized spacial score (nSPS) is 18.3. The van der Waals surface area contributed by atoms with Crippen LogP contribution in [0.1, 0.15) is 40.7 Å². The molecule has 1 aliphatic heterocycles. The second-order valence-corrected chi connectivity index (χ2v) is 9.00. The van der Waals surface area contributed by atoms with Crippen molar-refractivity contribution in [1.29, 1.82) is 0 Å². The fourth-order valence-corrected chi connectivity index (χ4v) is 5.14. The molecule has 0 aliphatic carbocycles. The molecule has 1 aromatic heterocycles. The van der Waals surface area contributed by atoms with Crippen LogP contribution < -0.4 is 9.62 Å². The number of benzene rings is 1. The van der Waals surface area contributed by atoms with Gasteiger partial charge in [0.05, 0.1) is 18.0 Å². The van der Waals surface area contributed by atoms with E-state index in [0.717, 1.165) is 10.4 Å². The number of carbonyl (C=O) groups is 1. The highest BCUT2D eigenvalue weighted by Gasteiger charge is 2.32. The molecule has 0 saturated heterocycles. The number of nitrogens with zero attached hydrogens (tertiary/aromatic N) is 1. The van der Waals surface area contributed by atoms with Crippen LogP contribution in [0.25, 0.3) is 0 Å². The average molecular weight is 364 g/mol. The maximum atomic E-state index is 12.5. The van der Waals surface area contributed by atoms with Crippen LogP contribution >= 0.6 is 11.3 Å². The molecule has 1 amide bonds. The van der Waals surface area contributed by atoms with Crippen molar-refractivity contribution in [2.75, 3.05) is 10.6 Å². The second kappa shape index (κ2) is 6.22. The van der Waals surface area contributed by atoms with Crippen molar-refractivity contribution in [2.45, 2.75) is 32.4 Å². The minimum atomic E-state index is -3.31. The first-order valence-electron chi connectivity index (χ1n) is 7.74. The molecule has 1 aliphatic rings. The van der Waals surface area contributed by atoms with Gasteiger partial charge in [0.2, 0.25) is 10.0 Å². The van der Waals surface area contributed by atoms with E-state index in [0.29, 0.717) is 17.7 Å². The van der Waals surface area contributed by atoms with Gasteiger partial charge in [-0.15, -0.1) is 11.3 Å². The Balaban J connectivity index is 1.82. The molecule has 2 aromatic rings. The van der Waals surface area contributed by atoms with E-state index < -0.39 is 10.0 Å². The van der Waals surface area contributed by atoms with Crippen molar-refractivity contribution in [1.82, 2.24) is 5.32 Å². The SMILES string of the molecule is C[C@@H]1Cc2cc(C(=O)N[C@H](C)c3cccs3)ccc2N1S(C)(=O)=O. The number of fused-ring (bicyclic) bond motifs is 1. The Morgan fingerprint density at radius 2 is 2.12 bits per heavy atom. The van der Waals surface area contributed by atoms with Crippen LogP contribution in [0, 0.1) is 0 Å². The van der Waals surface area contributed by atoms with E-state index in [1.165, 1.54) is 10.6 Å². The smallest absolute Gasteiger partial charge is 0.251 e. The lowest BCUT2D eigenvalue weighted by atomic mass is 10.1. The highest BCUT2D eigenvalue weighted by Crippen LogP contribution is 2.34. The summed E-state index contributed by atoms with van der Waals surface area (Å²) in [6.07, 6.45) is 1.83. The molecule has 2 atom stereocenters. The van der Waals surface area contributed by atoms with Crippen LogP contribution in [0.3, 0.4) is 0 Å². The quantitative estimate of drug-likeness (QED) is 0.907. The highest BCUT2D eigenvalue weighted by molar-refractivity contribution is 7.92. The summed E-state index contributed by atoms with van der Waals surface area (Å²) in [7, 11) is -3.31. The summed E-state index contributed by atoms with van der Waals surface area (Å²) in [6, 6.07) is 8.97. The number of hydrogen-bond acceptors (Lipinski definition) is 4. The van der Waals surface area contributed by atoms with Crippen LogP contribution in [0.4, 0.5) is 5.69 Å². The number of amides is 1. The summed E-state index contributed by atoms with van der Waals surface area (Å²) in [6.45, 7) is 3.82. The molecule has 1 aromatic carbocycles. The molecule has 0 radical (unpaired) electrons. The third kappa shape index (κ3) is 3.18. The van der Waals surface area contributed by atoms with Gasteiger partial charge in [-0.1, -0.05) is 6.07 Å². The first-order chi connectivity index (χ1) is 11.3. The van der Waals surface area contributed by atoms with Crippen LogP contribution in [0.2, 0.25) is 0 Å². The predicted octanol–water partition coefficient (Wildman–Crippen LogP) is 2.95. The Morgan fingerprint density at radius 1 is 1.38 bits per heavy atom. The maximum Gasteiger partial charge on any atom is 0.251 e. The zero-order valence-corrected chi connectivity index (χ0v) is 15.4. The molecule has 0 saturated carbocycles. The number of thiophene rings is 1. The summed E-state index contributed by atoms with van der Waals surface area (Å²) in [4.78, 5) is 13.6. The fraction of sp³-hybridized carbons (Fsp3) is 0.353. The predicted molar refractivity (Wildman–Crippen MR) is 97.1 cm³/mol. The van der Waals surface area contributed by atoms with Crippen LogP contribution in [0.5, 0.6) is 0 Å². The van der Waals surface area contributed by atoms with Gasteiger partial charge in [0.25, 0.3) is 5.91 Å². The lowest BCUT2D eigenvalue weighted by molar-refractivity contribution is 0.0940. The standard InChI is InChI=1S/C17H20N2O3S2/c1-11-9-14-10-13(6-7-15(14)19(11)24(3,21)22)17(20)18-12(2)16-5-4-8-23-16/h4-8,10-12H,9H2,1-3H3,(H,18,20)/t11-,12-/m1/s1. The topological polar surface area (TPSA) is 66.5 Å². The molecule has 5 nitrogen and oxygen atoms in total. The Morgan fingerprint density at radius 3 is 2.75 bits per heavy atom. The Labute approximate surface area is 146 Å². The van der Waals surface area contributed by atoms with Crippen molar-refractivity contribution in [2.24, 2.45) is 0 Å². The van der Waals surface area contributed by atoms with Crippen LogP contribution in [0.15, 0.2) is 35.7 Å². The number of nitrogens with one attached hydrogen (secondary N) is 1. The van der Waals surface area contributed by atoms with E-state index in [4.69, 9.17) is 0 Å². The molecular formula is C17H20N2O3S2. The number of anilines is 1. The summed E-state index contributed by atoms with van der Waals surface area (Å²) in [5.41, 5.74) is 2.12. The summed E-state index contributed by atoms with van der Waals surface area (Å²) < 4.78 is 25.3. The molecule has 128 valence electrons. The molecule has 0 unspecified atom stereocenters. The van der Waals surface area contributed by atoms with Gasteiger partial charge in [-0.05, 0) is 55.5 Å². The summed E-state index contributed by atoms with van der Waals surface area (Å²) in [5.74, 6) is -0.149. The lowest BCUT2D eigenvalue weighted by Crippen LogP contribution is -2.34. The zero-order chi connectivity index (χ0) is 17.5. The number of rotatable bonds is 4. The first-order valence-corrected chi connectivity index (χ1v) is 10.5. The van der Waals surface area contributed by atoms with Gasteiger partial charge in [-0.2, -0.15) is 0 Å². The van der Waals surface area contributed by atoms with E-state index in [2.05, 4.69) is 5.32 Å². The van der Waals surface area contributed by atoms with Crippen LogP contribution in [-0.2, 0) is 16.4 Å². The molecule has 1 N–H and O–H groups in total. The maximum absolute atomic E-state index is 12.5. The minimum Gasteiger partial charge on any atom is -0.345 e. The molecule has 0 spiro atoms. The lowest BCUT2D eigenvalue weighted by Gasteiger charge is -2.22. The van der Waals surface area contributed by atoms with Crippen molar-refractivity contribution in [3.05, 3.63) is 51.7 Å². The number of sulfonamides is 1. The first kappa shape index (κ1) is 17.0. The van der Waals surface area contributed by atoms with Crippen molar-refractivity contribution >= 4 is 33.0 Å². The third-order valence-electron chi connectivity index (χ3n) is 4.17. The van der Waals surface area contributed by atoms with E-state index >= 15 is 0 Å². The third-order valence-corrected chi connectivity index (χ3v) is 6.50. The van der Waals surface area contributed by atoms with Gasteiger partial charge in [0.15, 0.2) is 0 Å². The Kier molecular flexibility index (Phi) is 4.40. The summed E-state index contributed by atoms with van der Waals surface area (Å²) >= 11 is 1.60. The molecule has 0 bridgehead atoms. The van der Waals surface area contributed by atoms with Crippen molar-refractivity contribution in [3.8, 4) is 0 Å². The molecule has 7 heteroatoms. The molecular weight excluding hydrogens is 344 g/mol. The molecule has 0 fully saturated rings. The van der Waals surface area contributed by atoms with E-state index in [9.17, 15) is 13.2 Å². The van der Waals surface area contributed by atoms with Crippen molar-refractivity contribution < 1.29 is 13.2 Å². The van der Waals surface area contributed by atoms with Gasteiger partial charge >= 0.3 is 0 Å². The number of carbonyl (C=O) groups excluding carboxylic acids is 1. The van der Waals surface area contributed by atoms with Crippen molar-refractivity contribution in [3.63, 3.8) is 0 Å². The van der Waals surface area contributed by atoms with Gasteiger partial charge in [-0.25, -0.2) is 8.42 Å². The zero-order valence-electron chi connectivity index (χ0n) is 13.8. The number of hydrogen-bond donors (Lipinski definition) is 1. The van der Waals surface area contributed by atoms with E-state index in [1.807, 2.05) is 31.4 Å². The minimum absolute atomic E-state index is 0.0582. The molecule has 2 heterocycles. The van der Waals surface area contributed by atoms with Gasteiger partial charge < -0.3 is 5.32 Å². The summed E-state index contributed by atoms with van der Waals surface area (Å²) in [5, 5.41) is 4.96. The molecule has 3 rings (SSSR count). The largest absolute Gasteiger partial charge is 0.345 e. The fourth-order valence-electron chi connectivity index (χ4n) is 3.14. The second-order valence-electron chi connectivity index (χ2n) is 6.17. The van der Waals surface area contributed by atoms with Gasteiger partial charge in [0.1, 0.15) is 0 Å². The van der Waals surface area contributed by atoms with Gasteiger partial charge in [0, 0.05) is 16.5 Å². The highest BCUT2D eigenvalue weighted by atomic mass is 32.2. The Hall–Kier alpha value is -1.86. The average Bonchev–Trinajstić information content (AvgIpc) is 3.11. The molecule has 24 heavy (non-hydrogen) atoms. The monoisotopic (exact) mass is 364 g/mol. The van der Waals surface area contributed by atoms with E-state index in [-0.39, 0.29) is 18.0 Å². The van der Waals surface area contributed by atoms with E-state index in [1.54, 1.807) is 29.5 Å². The Bertz CT molecular complexity index is 860. The van der Waals surface area contributed by atoms with Gasteiger partial charge in [-0.3, -0.25) is 9.10 Å².